The Morgan fingerprint density at radius 1 is 1.24 bits per heavy atom. The number of amides is 2. The summed E-state index contributed by atoms with van der Waals surface area (Å²) in [6, 6.07) is 9.83. The Morgan fingerprint density at radius 2 is 2.00 bits per heavy atom. The van der Waals surface area contributed by atoms with Crippen LogP contribution in [0.5, 0.6) is 0 Å². The Morgan fingerprint density at radius 3 is 2.65 bits per heavy atom. The van der Waals surface area contributed by atoms with E-state index < -0.39 is 17.2 Å². The molecule has 0 atom stereocenters. The number of nitrogens with zero attached hydrogens (tertiary/aromatic N) is 2. The topological polar surface area (TPSA) is 140 Å². The number of methoxy groups -OCH3 is 1. The van der Waals surface area contributed by atoms with Gasteiger partial charge in [0.15, 0.2) is 5.69 Å². The number of aromatic nitrogens is 2. The fraction of sp³-hybridized carbons (Fsp3) is 0.304. The molecule has 1 aromatic carbocycles. The molecular weight excluding hydrogens is 458 g/mol. The number of H-pyrrole nitrogens is 1. The highest BCUT2D eigenvalue weighted by molar-refractivity contribution is 7.12. The number of nitrogens with one attached hydrogen (secondary N) is 2. The van der Waals surface area contributed by atoms with Gasteiger partial charge in [0.25, 0.3) is 17.4 Å². The summed E-state index contributed by atoms with van der Waals surface area (Å²) in [6.45, 7) is 4.23. The quantitative estimate of drug-likeness (QED) is 0.425. The van der Waals surface area contributed by atoms with E-state index in [1.807, 2.05) is 13.8 Å². The molecule has 2 aromatic heterocycles. The third-order valence-electron chi connectivity index (χ3n) is 4.91. The Labute approximate surface area is 200 Å². The molecule has 0 radical (unpaired) electrons. The van der Waals surface area contributed by atoms with E-state index in [2.05, 4.69) is 10.3 Å². The molecule has 3 aromatic rings. The number of carbonyl (C=O) groups excluding carboxylic acids is 2. The molecule has 2 heterocycles. The van der Waals surface area contributed by atoms with E-state index >= 15 is 0 Å². The Balaban J connectivity index is 2.00. The van der Waals surface area contributed by atoms with Crippen LogP contribution in [0.3, 0.4) is 0 Å². The third kappa shape index (κ3) is 5.61. The number of ether oxygens (including phenoxy) is 1. The van der Waals surface area contributed by atoms with Crippen molar-refractivity contribution in [1.29, 1.82) is 0 Å². The second kappa shape index (κ2) is 10.9. The van der Waals surface area contributed by atoms with Gasteiger partial charge in [-0.1, -0.05) is 26.0 Å². The summed E-state index contributed by atoms with van der Waals surface area (Å²) in [7, 11) is 1.47. The van der Waals surface area contributed by atoms with Crippen LogP contribution < -0.4 is 27.2 Å². The van der Waals surface area contributed by atoms with Crippen LogP contribution in [0.25, 0.3) is 0 Å². The summed E-state index contributed by atoms with van der Waals surface area (Å²) in [5.41, 5.74) is 5.33. The zero-order valence-corrected chi connectivity index (χ0v) is 20.0. The molecule has 0 unspecified atom stereocenters. The van der Waals surface area contributed by atoms with Gasteiger partial charge in [-0.2, -0.15) is 0 Å². The average Bonchev–Trinajstić information content (AvgIpc) is 3.33. The lowest BCUT2D eigenvalue weighted by Gasteiger charge is -2.25. The van der Waals surface area contributed by atoms with Gasteiger partial charge in [0.05, 0.1) is 11.5 Å². The summed E-state index contributed by atoms with van der Waals surface area (Å²) in [5.74, 6) is -0.854. The molecule has 0 aliphatic heterocycles. The molecule has 34 heavy (non-hydrogen) atoms. The number of carbonyl (C=O) groups is 2. The van der Waals surface area contributed by atoms with Gasteiger partial charge < -0.3 is 15.8 Å². The van der Waals surface area contributed by atoms with Gasteiger partial charge in [-0.25, -0.2) is 4.79 Å². The summed E-state index contributed by atoms with van der Waals surface area (Å²) in [6.07, 6.45) is 0. The van der Waals surface area contributed by atoms with Crippen LogP contribution in [0, 0.1) is 5.92 Å². The van der Waals surface area contributed by atoms with Crippen LogP contribution in [0.4, 0.5) is 17.2 Å². The van der Waals surface area contributed by atoms with Crippen LogP contribution >= 0.6 is 11.3 Å². The molecule has 10 nitrogen and oxygen atoms in total. The molecule has 0 fully saturated rings. The minimum atomic E-state index is -0.769. The van der Waals surface area contributed by atoms with Gasteiger partial charge in [-0.15, -0.1) is 11.3 Å². The largest absolute Gasteiger partial charge is 0.383 e. The molecule has 2 amide bonds. The van der Waals surface area contributed by atoms with Gasteiger partial charge in [0, 0.05) is 31.5 Å². The summed E-state index contributed by atoms with van der Waals surface area (Å²) >= 11 is 1.30. The number of aromatic amines is 1. The molecule has 3 rings (SSSR count). The van der Waals surface area contributed by atoms with Crippen molar-refractivity contribution in [3.8, 4) is 0 Å². The summed E-state index contributed by atoms with van der Waals surface area (Å²) in [4.78, 5) is 54.9. The van der Waals surface area contributed by atoms with Crippen molar-refractivity contribution in [3.05, 3.63) is 73.1 Å². The predicted octanol–water partition coefficient (Wildman–Crippen LogP) is 2.38. The summed E-state index contributed by atoms with van der Waals surface area (Å²) in [5, 5.41) is 4.56. The van der Waals surface area contributed by atoms with Crippen molar-refractivity contribution in [1.82, 2.24) is 9.55 Å². The minimum absolute atomic E-state index is 0.0221. The molecule has 11 heteroatoms. The van der Waals surface area contributed by atoms with Crippen molar-refractivity contribution in [2.45, 2.75) is 20.4 Å². The smallest absolute Gasteiger partial charge is 0.330 e. The second-order valence-corrected chi connectivity index (χ2v) is 8.91. The molecule has 0 saturated carbocycles. The fourth-order valence-electron chi connectivity index (χ4n) is 3.37. The van der Waals surface area contributed by atoms with E-state index in [1.165, 1.54) is 34.0 Å². The number of thiophene rings is 1. The molecular formula is C23H27N5O5S. The number of nitrogen functional groups attached to an aromatic ring is 1. The first kappa shape index (κ1) is 24.9. The lowest BCUT2D eigenvalue weighted by molar-refractivity contribution is 0.0973. The first-order chi connectivity index (χ1) is 16.2. The van der Waals surface area contributed by atoms with Crippen molar-refractivity contribution >= 4 is 40.3 Å². The molecule has 0 bridgehead atoms. The normalized spacial score (nSPS) is 10.9. The average molecular weight is 486 g/mol. The zero-order chi connectivity index (χ0) is 24.8. The lowest BCUT2D eigenvalue weighted by Crippen LogP contribution is -2.42. The SMILES string of the molecule is COCCN(C(=O)c1cccc(NC(=O)c2cccs2)c1)c1c(N)n(CC(C)C)c(=O)[nH]c1=O. The standard InChI is InChI=1S/C23H27N5O5S/c1-14(2)13-28-19(24)18(21(30)26-23(28)32)27(9-10-33-3)22(31)15-6-4-7-16(12-15)25-20(29)17-8-5-11-34-17/h4-8,11-12,14H,9-10,13,24H2,1-3H3,(H,25,29)(H,26,30,32). The molecule has 0 saturated heterocycles. The Bertz CT molecular complexity index is 1280. The first-order valence-corrected chi connectivity index (χ1v) is 11.5. The van der Waals surface area contributed by atoms with Crippen LogP contribution in [0.1, 0.15) is 33.9 Å². The number of hydrogen-bond acceptors (Lipinski definition) is 7. The van der Waals surface area contributed by atoms with Crippen LogP contribution in [-0.2, 0) is 11.3 Å². The maximum absolute atomic E-state index is 13.5. The monoisotopic (exact) mass is 485 g/mol. The molecule has 4 N–H and O–H groups in total. The van der Waals surface area contributed by atoms with Crippen molar-refractivity contribution in [2.75, 3.05) is 36.2 Å². The number of nitrogens with two attached hydrogens (primary N) is 1. The summed E-state index contributed by atoms with van der Waals surface area (Å²) < 4.78 is 6.37. The van der Waals surface area contributed by atoms with Crippen molar-refractivity contribution in [3.63, 3.8) is 0 Å². The number of hydrogen-bond donors (Lipinski definition) is 3. The minimum Gasteiger partial charge on any atom is -0.383 e. The van der Waals surface area contributed by atoms with Gasteiger partial charge in [0.1, 0.15) is 5.82 Å². The lowest BCUT2D eigenvalue weighted by atomic mass is 10.1. The van der Waals surface area contributed by atoms with Gasteiger partial charge >= 0.3 is 5.69 Å². The van der Waals surface area contributed by atoms with Gasteiger partial charge in [-0.05, 0) is 35.6 Å². The third-order valence-corrected chi connectivity index (χ3v) is 5.78. The number of rotatable bonds is 9. The zero-order valence-electron chi connectivity index (χ0n) is 19.2. The molecule has 0 aliphatic carbocycles. The van der Waals surface area contributed by atoms with Crippen molar-refractivity contribution in [2.24, 2.45) is 5.92 Å². The second-order valence-electron chi connectivity index (χ2n) is 7.96. The highest BCUT2D eigenvalue weighted by Crippen LogP contribution is 2.22. The maximum Gasteiger partial charge on any atom is 0.330 e. The van der Waals surface area contributed by atoms with Gasteiger partial charge in [0.2, 0.25) is 0 Å². The van der Waals surface area contributed by atoms with Crippen LogP contribution in [0.2, 0.25) is 0 Å². The highest BCUT2D eigenvalue weighted by atomic mass is 32.1. The number of benzene rings is 1. The highest BCUT2D eigenvalue weighted by Gasteiger charge is 2.25. The van der Waals surface area contributed by atoms with E-state index in [0.717, 1.165) is 0 Å². The van der Waals surface area contributed by atoms with E-state index in [9.17, 15) is 19.2 Å². The first-order valence-electron chi connectivity index (χ1n) is 10.6. The molecule has 0 aliphatic rings. The van der Waals surface area contributed by atoms with Crippen LogP contribution in [0.15, 0.2) is 51.4 Å². The Kier molecular flexibility index (Phi) is 8.03. The molecule has 0 spiro atoms. The van der Waals surface area contributed by atoms with E-state index in [4.69, 9.17) is 10.5 Å². The Hall–Kier alpha value is -3.70. The van der Waals surface area contributed by atoms with E-state index in [-0.39, 0.29) is 48.6 Å². The maximum atomic E-state index is 13.5. The van der Waals surface area contributed by atoms with Gasteiger partial charge in [-0.3, -0.25) is 28.8 Å². The number of anilines is 3. The van der Waals surface area contributed by atoms with Crippen molar-refractivity contribution < 1.29 is 14.3 Å². The van der Waals surface area contributed by atoms with E-state index in [1.54, 1.807) is 35.7 Å². The fourth-order valence-corrected chi connectivity index (χ4v) is 3.99. The van der Waals surface area contributed by atoms with E-state index in [0.29, 0.717) is 10.6 Å². The van der Waals surface area contributed by atoms with Crippen LogP contribution in [-0.4, -0.2) is 41.6 Å². The predicted molar refractivity (Wildman–Crippen MR) is 133 cm³/mol. The molecule has 180 valence electrons.